The SMILES string of the molecule is COC(=O)/C=C/CCCC(C)C=O. The third-order valence-corrected chi connectivity index (χ3v) is 1.72. The minimum atomic E-state index is -0.330. The van der Waals surface area contributed by atoms with Crippen molar-refractivity contribution in [3.05, 3.63) is 12.2 Å². The van der Waals surface area contributed by atoms with Crippen LogP contribution < -0.4 is 0 Å². The molecule has 0 aliphatic carbocycles. The van der Waals surface area contributed by atoms with Gasteiger partial charge >= 0.3 is 5.97 Å². The van der Waals surface area contributed by atoms with Crippen molar-refractivity contribution in [3.8, 4) is 0 Å². The standard InChI is InChI=1S/C10H16O3/c1-9(8-11)6-4-3-5-7-10(12)13-2/h5,7-9H,3-4,6H2,1-2H3/b7-5+. The summed E-state index contributed by atoms with van der Waals surface area (Å²) < 4.78 is 4.42. The summed E-state index contributed by atoms with van der Waals surface area (Å²) >= 11 is 0. The van der Waals surface area contributed by atoms with Gasteiger partial charge < -0.3 is 9.53 Å². The number of aldehydes is 1. The second kappa shape index (κ2) is 7.53. The van der Waals surface area contributed by atoms with Crippen LogP contribution in [-0.2, 0) is 14.3 Å². The van der Waals surface area contributed by atoms with Gasteiger partial charge in [-0.1, -0.05) is 13.0 Å². The molecule has 0 aromatic carbocycles. The highest BCUT2D eigenvalue weighted by molar-refractivity contribution is 5.81. The van der Waals surface area contributed by atoms with Crippen molar-refractivity contribution in [1.82, 2.24) is 0 Å². The summed E-state index contributed by atoms with van der Waals surface area (Å²) in [6.45, 7) is 1.89. The molecule has 0 aromatic rings. The minimum Gasteiger partial charge on any atom is -0.466 e. The second-order valence-electron chi connectivity index (χ2n) is 2.97. The molecule has 0 aliphatic rings. The molecule has 0 aliphatic heterocycles. The fraction of sp³-hybridized carbons (Fsp3) is 0.600. The zero-order chi connectivity index (χ0) is 10.1. The lowest BCUT2D eigenvalue weighted by Gasteiger charge is -1.99. The summed E-state index contributed by atoms with van der Waals surface area (Å²) in [5, 5.41) is 0. The van der Waals surface area contributed by atoms with E-state index in [4.69, 9.17) is 0 Å². The first-order chi connectivity index (χ1) is 6.20. The molecule has 0 fully saturated rings. The quantitative estimate of drug-likeness (QED) is 0.273. The average molecular weight is 184 g/mol. The van der Waals surface area contributed by atoms with Gasteiger partial charge in [0.15, 0.2) is 0 Å². The number of allylic oxidation sites excluding steroid dienone is 1. The van der Waals surface area contributed by atoms with Gasteiger partial charge in [0.1, 0.15) is 6.29 Å². The van der Waals surface area contributed by atoms with Crippen molar-refractivity contribution in [2.75, 3.05) is 7.11 Å². The Bertz CT molecular complexity index is 185. The molecule has 0 radical (unpaired) electrons. The second-order valence-corrected chi connectivity index (χ2v) is 2.97. The molecule has 3 nitrogen and oxygen atoms in total. The van der Waals surface area contributed by atoms with Gasteiger partial charge in [-0.05, 0) is 19.3 Å². The van der Waals surface area contributed by atoms with E-state index in [9.17, 15) is 9.59 Å². The van der Waals surface area contributed by atoms with Crippen molar-refractivity contribution >= 4 is 12.3 Å². The molecule has 0 saturated carbocycles. The lowest BCUT2D eigenvalue weighted by atomic mass is 10.1. The molecule has 0 aromatic heterocycles. The number of carbonyl (C=O) groups is 2. The molecule has 1 atom stereocenters. The first-order valence-corrected chi connectivity index (χ1v) is 4.40. The smallest absolute Gasteiger partial charge is 0.330 e. The van der Waals surface area contributed by atoms with E-state index in [1.807, 2.05) is 6.92 Å². The average Bonchev–Trinajstić information content (AvgIpc) is 2.16. The van der Waals surface area contributed by atoms with Crippen LogP contribution in [0, 0.1) is 5.92 Å². The van der Waals surface area contributed by atoms with E-state index in [0.717, 1.165) is 25.5 Å². The third kappa shape index (κ3) is 7.25. The molecule has 0 heterocycles. The molecule has 0 saturated heterocycles. The maximum atomic E-state index is 10.6. The maximum absolute atomic E-state index is 10.6. The zero-order valence-corrected chi connectivity index (χ0v) is 8.16. The maximum Gasteiger partial charge on any atom is 0.330 e. The first-order valence-electron chi connectivity index (χ1n) is 4.40. The van der Waals surface area contributed by atoms with E-state index in [2.05, 4.69) is 4.74 Å². The van der Waals surface area contributed by atoms with Crippen molar-refractivity contribution in [3.63, 3.8) is 0 Å². The number of methoxy groups -OCH3 is 1. The van der Waals surface area contributed by atoms with Crippen LogP contribution in [0.25, 0.3) is 0 Å². The minimum absolute atomic E-state index is 0.117. The largest absolute Gasteiger partial charge is 0.466 e. The van der Waals surface area contributed by atoms with Gasteiger partial charge in [0.2, 0.25) is 0 Å². The monoisotopic (exact) mass is 184 g/mol. The Labute approximate surface area is 78.8 Å². The molecule has 0 spiro atoms. The fourth-order valence-corrected chi connectivity index (χ4v) is 0.873. The Balaban J connectivity index is 3.40. The Kier molecular flexibility index (Phi) is 6.88. The van der Waals surface area contributed by atoms with Gasteiger partial charge in [0, 0.05) is 12.0 Å². The Morgan fingerprint density at radius 3 is 2.77 bits per heavy atom. The summed E-state index contributed by atoms with van der Waals surface area (Å²) in [5.74, 6) is -0.213. The van der Waals surface area contributed by atoms with Crippen LogP contribution in [0.1, 0.15) is 26.2 Å². The van der Waals surface area contributed by atoms with E-state index in [1.54, 1.807) is 6.08 Å². The number of unbranched alkanes of at least 4 members (excludes halogenated alkanes) is 1. The molecule has 13 heavy (non-hydrogen) atoms. The molecule has 74 valence electrons. The Morgan fingerprint density at radius 1 is 1.54 bits per heavy atom. The molecule has 1 unspecified atom stereocenters. The molecule has 3 heteroatoms. The highest BCUT2D eigenvalue weighted by Gasteiger charge is 1.97. The topological polar surface area (TPSA) is 43.4 Å². The summed E-state index contributed by atoms with van der Waals surface area (Å²) in [7, 11) is 1.35. The van der Waals surface area contributed by atoms with E-state index in [0.29, 0.717) is 0 Å². The zero-order valence-electron chi connectivity index (χ0n) is 8.16. The molecular weight excluding hydrogens is 168 g/mol. The Morgan fingerprint density at radius 2 is 2.23 bits per heavy atom. The Hall–Kier alpha value is -1.12. The highest BCUT2D eigenvalue weighted by atomic mass is 16.5. The summed E-state index contributed by atoms with van der Waals surface area (Å²) in [6.07, 6.45) is 6.73. The molecule has 0 N–H and O–H groups in total. The molecule has 0 bridgehead atoms. The van der Waals surface area contributed by atoms with Gasteiger partial charge in [0.25, 0.3) is 0 Å². The van der Waals surface area contributed by atoms with Gasteiger partial charge in [-0.25, -0.2) is 4.79 Å². The van der Waals surface area contributed by atoms with Gasteiger partial charge in [-0.2, -0.15) is 0 Å². The van der Waals surface area contributed by atoms with Gasteiger partial charge in [-0.3, -0.25) is 0 Å². The lowest BCUT2D eigenvalue weighted by molar-refractivity contribution is -0.134. The van der Waals surface area contributed by atoms with Crippen LogP contribution in [0.4, 0.5) is 0 Å². The number of ether oxygens (including phenoxy) is 1. The summed E-state index contributed by atoms with van der Waals surface area (Å²) in [5.41, 5.74) is 0. The normalized spacial score (nSPS) is 12.8. The molecular formula is C10H16O3. The van der Waals surface area contributed by atoms with E-state index in [-0.39, 0.29) is 11.9 Å². The third-order valence-electron chi connectivity index (χ3n) is 1.72. The van der Waals surface area contributed by atoms with E-state index in [1.165, 1.54) is 13.2 Å². The molecule has 0 amide bonds. The van der Waals surface area contributed by atoms with Crippen LogP contribution in [0.2, 0.25) is 0 Å². The fourth-order valence-electron chi connectivity index (χ4n) is 0.873. The van der Waals surface area contributed by atoms with Crippen LogP contribution >= 0.6 is 0 Å². The van der Waals surface area contributed by atoms with Crippen molar-refractivity contribution in [2.45, 2.75) is 26.2 Å². The first kappa shape index (κ1) is 11.9. The molecule has 0 rings (SSSR count). The van der Waals surface area contributed by atoms with Gasteiger partial charge in [-0.15, -0.1) is 0 Å². The number of hydrogen-bond donors (Lipinski definition) is 0. The van der Waals surface area contributed by atoms with Crippen molar-refractivity contribution in [1.29, 1.82) is 0 Å². The van der Waals surface area contributed by atoms with Crippen LogP contribution in [0.15, 0.2) is 12.2 Å². The predicted molar refractivity (Wildman–Crippen MR) is 50.2 cm³/mol. The van der Waals surface area contributed by atoms with Crippen LogP contribution in [-0.4, -0.2) is 19.4 Å². The van der Waals surface area contributed by atoms with E-state index >= 15 is 0 Å². The summed E-state index contributed by atoms with van der Waals surface area (Å²) in [6, 6.07) is 0. The van der Waals surface area contributed by atoms with Crippen LogP contribution in [0.3, 0.4) is 0 Å². The van der Waals surface area contributed by atoms with Crippen LogP contribution in [0.5, 0.6) is 0 Å². The lowest BCUT2D eigenvalue weighted by Crippen LogP contribution is -1.95. The predicted octanol–water partition coefficient (Wildman–Crippen LogP) is 1.72. The number of carbonyl (C=O) groups excluding carboxylic acids is 2. The number of rotatable bonds is 6. The highest BCUT2D eigenvalue weighted by Crippen LogP contribution is 2.05. The summed E-state index contributed by atoms with van der Waals surface area (Å²) in [4.78, 5) is 20.8. The van der Waals surface area contributed by atoms with E-state index < -0.39 is 0 Å². The number of esters is 1. The van der Waals surface area contributed by atoms with Crippen molar-refractivity contribution < 1.29 is 14.3 Å². The van der Waals surface area contributed by atoms with Gasteiger partial charge in [0.05, 0.1) is 7.11 Å². The van der Waals surface area contributed by atoms with Crippen molar-refractivity contribution in [2.24, 2.45) is 5.92 Å². The number of hydrogen-bond acceptors (Lipinski definition) is 3.